The Morgan fingerprint density at radius 3 is 2.94 bits per heavy atom. The van der Waals surface area contributed by atoms with Crippen molar-refractivity contribution in [2.24, 2.45) is 5.92 Å². The van der Waals surface area contributed by atoms with Crippen molar-refractivity contribution in [2.45, 2.75) is 36.1 Å². The van der Waals surface area contributed by atoms with Crippen LogP contribution < -0.4 is 5.32 Å². The zero-order chi connectivity index (χ0) is 12.8. The second-order valence-electron chi connectivity index (χ2n) is 4.97. The summed E-state index contributed by atoms with van der Waals surface area (Å²) in [5.41, 5.74) is -0.0290. The standard InChI is InChI=1S/C14H22N2OS/c1-15-14(11-17)7-2-3-12(14)6-10-18-13-4-8-16-9-5-13/h4-5,8-9,12,15,17H,2-3,6-7,10-11H2,1H3. The highest BCUT2D eigenvalue weighted by Crippen LogP contribution is 2.38. The molecule has 0 aliphatic heterocycles. The maximum absolute atomic E-state index is 9.63. The summed E-state index contributed by atoms with van der Waals surface area (Å²) in [5.74, 6) is 1.71. The molecule has 1 aliphatic carbocycles. The molecule has 2 N–H and O–H groups in total. The SMILES string of the molecule is CNC1(CO)CCCC1CCSc1ccncc1. The maximum Gasteiger partial charge on any atom is 0.0615 e. The first-order valence-electron chi connectivity index (χ1n) is 6.63. The Morgan fingerprint density at radius 1 is 1.50 bits per heavy atom. The van der Waals surface area contributed by atoms with Crippen molar-refractivity contribution in [1.82, 2.24) is 10.3 Å². The van der Waals surface area contributed by atoms with Crippen LogP contribution in [0.2, 0.25) is 0 Å². The third-order valence-corrected chi connectivity index (χ3v) is 5.17. The van der Waals surface area contributed by atoms with Crippen LogP contribution in [-0.4, -0.2) is 35.0 Å². The largest absolute Gasteiger partial charge is 0.394 e. The monoisotopic (exact) mass is 266 g/mol. The molecule has 18 heavy (non-hydrogen) atoms. The first-order valence-corrected chi connectivity index (χ1v) is 7.62. The highest BCUT2D eigenvalue weighted by Gasteiger charge is 2.40. The molecular formula is C14H22N2OS. The zero-order valence-corrected chi connectivity index (χ0v) is 11.7. The average molecular weight is 266 g/mol. The average Bonchev–Trinajstić information content (AvgIpc) is 2.84. The third kappa shape index (κ3) is 3.05. The van der Waals surface area contributed by atoms with Crippen LogP contribution in [-0.2, 0) is 0 Å². The molecule has 1 aromatic heterocycles. The quantitative estimate of drug-likeness (QED) is 0.776. The van der Waals surface area contributed by atoms with Crippen molar-refractivity contribution >= 4 is 11.8 Å². The maximum atomic E-state index is 9.63. The van der Waals surface area contributed by atoms with E-state index in [1.54, 1.807) is 0 Å². The Hall–Kier alpha value is -0.580. The van der Waals surface area contributed by atoms with E-state index in [1.807, 2.05) is 31.2 Å². The van der Waals surface area contributed by atoms with Crippen LogP contribution in [0, 0.1) is 5.92 Å². The van der Waals surface area contributed by atoms with E-state index in [-0.39, 0.29) is 12.1 Å². The first kappa shape index (κ1) is 13.8. The summed E-state index contributed by atoms with van der Waals surface area (Å²) in [6.45, 7) is 0.258. The number of aromatic nitrogens is 1. The minimum absolute atomic E-state index is 0.0290. The molecule has 2 rings (SSSR count). The number of rotatable bonds is 6. The van der Waals surface area contributed by atoms with Crippen LogP contribution in [0.25, 0.3) is 0 Å². The van der Waals surface area contributed by atoms with Gasteiger partial charge < -0.3 is 10.4 Å². The van der Waals surface area contributed by atoms with Crippen LogP contribution in [0.15, 0.2) is 29.4 Å². The number of nitrogens with zero attached hydrogens (tertiary/aromatic N) is 1. The van der Waals surface area contributed by atoms with E-state index in [4.69, 9.17) is 0 Å². The van der Waals surface area contributed by atoms with Gasteiger partial charge in [0.2, 0.25) is 0 Å². The van der Waals surface area contributed by atoms with Crippen molar-refractivity contribution in [3.05, 3.63) is 24.5 Å². The van der Waals surface area contributed by atoms with E-state index in [9.17, 15) is 5.11 Å². The summed E-state index contributed by atoms with van der Waals surface area (Å²) in [4.78, 5) is 5.30. The van der Waals surface area contributed by atoms with E-state index < -0.39 is 0 Å². The zero-order valence-electron chi connectivity index (χ0n) is 10.9. The molecule has 0 saturated heterocycles. The summed E-state index contributed by atoms with van der Waals surface area (Å²) in [6.07, 6.45) is 8.40. The smallest absolute Gasteiger partial charge is 0.0615 e. The Morgan fingerprint density at radius 2 is 2.28 bits per heavy atom. The van der Waals surface area contributed by atoms with Gasteiger partial charge in [-0.25, -0.2) is 0 Å². The van der Waals surface area contributed by atoms with Gasteiger partial charge in [-0.05, 0) is 50.1 Å². The van der Waals surface area contributed by atoms with Crippen LogP contribution in [0.4, 0.5) is 0 Å². The Bertz CT molecular complexity index is 354. The predicted molar refractivity (Wildman–Crippen MR) is 75.8 cm³/mol. The second-order valence-corrected chi connectivity index (χ2v) is 6.14. The second kappa shape index (κ2) is 6.55. The lowest BCUT2D eigenvalue weighted by molar-refractivity contribution is 0.130. The van der Waals surface area contributed by atoms with Gasteiger partial charge in [0.15, 0.2) is 0 Å². The molecule has 100 valence electrons. The van der Waals surface area contributed by atoms with Crippen LogP contribution in [0.1, 0.15) is 25.7 Å². The molecule has 1 heterocycles. The van der Waals surface area contributed by atoms with Gasteiger partial charge in [-0.15, -0.1) is 11.8 Å². The molecule has 1 aromatic rings. The van der Waals surface area contributed by atoms with Gasteiger partial charge in [0.25, 0.3) is 0 Å². The minimum Gasteiger partial charge on any atom is -0.394 e. The Kier molecular flexibility index (Phi) is 5.03. The molecule has 1 aliphatic rings. The molecule has 2 atom stereocenters. The van der Waals surface area contributed by atoms with Gasteiger partial charge in [0, 0.05) is 22.8 Å². The fourth-order valence-electron chi connectivity index (χ4n) is 2.93. The number of hydrogen-bond donors (Lipinski definition) is 2. The van der Waals surface area contributed by atoms with Gasteiger partial charge in [-0.3, -0.25) is 4.98 Å². The van der Waals surface area contributed by atoms with E-state index in [2.05, 4.69) is 22.4 Å². The topological polar surface area (TPSA) is 45.1 Å². The van der Waals surface area contributed by atoms with E-state index in [0.29, 0.717) is 5.92 Å². The Labute approximate surface area is 113 Å². The molecule has 1 saturated carbocycles. The molecule has 1 fully saturated rings. The Balaban J connectivity index is 1.83. The summed E-state index contributed by atoms with van der Waals surface area (Å²) < 4.78 is 0. The summed E-state index contributed by atoms with van der Waals surface area (Å²) in [7, 11) is 1.98. The van der Waals surface area contributed by atoms with Crippen molar-refractivity contribution in [3.63, 3.8) is 0 Å². The fourth-order valence-corrected chi connectivity index (χ4v) is 3.89. The molecule has 3 nitrogen and oxygen atoms in total. The molecule has 4 heteroatoms. The summed E-state index contributed by atoms with van der Waals surface area (Å²) in [5, 5.41) is 13.0. The molecule has 2 unspecified atom stereocenters. The van der Waals surface area contributed by atoms with E-state index in [0.717, 1.165) is 18.6 Å². The van der Waals surface area contributed by atoms with Crippen molar-refractivity contribution in [3.8, 4) is 0 Å². The number of thioether (sulfide) groups is 1. The van der Waals surface area contributed by atoms with Crippen molar-refractivity contribution < 1.29 is 5.11 Å². The lowest BCUT2D eigenvalue weighted by atomic mass is 9.86. The van der Waals surface area contributed by atoms with Gasteiger partial charge in [0.05, 0.1) is 6.61 Å². The number of likely N-dealkylation sites (N-methyl/N-ethyl adjacent to an activating group) is 1. The molecular weight excluding hydrogens is 244 g/mol. The van der Waals surface area contributed by atoms with Crippen LogP contribution in [0.3, 0.4) is 0 Å². The molecule has 0 bridgehead atoms. The van der Waals surface area contributed by atoms with Gasteiger partial charge in [0.1, 0.15) is 0 Å². The molecule has 0 amide bonds. The summed E-state index contributed by atoms with van der Waals surface area (Å²) in [6, 6.07) is 4.10. The number of aliphatic hydroxyl groups excluding tert-OH is 1. The highest BCUT2D eigenvalue weighted by atomic mass is 32.2. The van der Waals surface area contributed by atoms with E-state index in [1.165, 1.54) is 17.7 Å². The number of hydrogen-bond acceptors (Lipinski definition) is 4. The lowest BCUT2D eigenvalue weighted by Gasteiger charge is -2.33. The van der Waals surface area contributed by atoms with Crippen molar-refractivity contribution in [1.29, 1.82) is 0 Å². The van der Waals surface area contributed by atoms with Crippen molar-refractivity contribution in [2.75, 3.05) is 19.4 Å². The molecule has 0 aromatic carbocycles. The van der Waals surface area contributed by atoms with Crippen LogP contribution in [0.5, 0.6) is 0 Å². The number of nitrogens with one attached hydrogen (secondary N) is 1. The molecule has 0 radical (unpaired) electrons. The predicted octanol–water partition coefficient (Wildman–Crippen LogP) is 2.31. The normalized spacial score (nSPS) is 27.6. The minimum atomic E-state index is -0.0290. The fraction of sp³-hybridized carbons (Fsp3) is 0.643. The molecule has 0 spiro atoms. The highest BCUT2D eigenvalue weighted by molar-refractivity contribution is 7.99. The van der Waals surface area contributed by atoms with Gasteiger partial charge in [-0.1, -0.05) is 6.42 Å². The third-order valence-electron chi connectivity index (χ3n) is 4.12. The first-order chi connectivity index (χ1) is 8.80. The van der Waals surface area contributed by atoms with Crippen LogP contribution >= 0.6 is 11.8 Å². The summed E-state index contributed by atoms with van der Waals surface area (Å²) >= 11 is 1.88. The van der Waals surface area contributed by atoms with Gasteiger partial charge in [-0.2, -0.15) is 0 Å². The van der Waals surface area contributed by atoms with Gasteiger partial charge >= 0.3 is 0 Å². The number of pyridine rings is 1. The number of aliphatic hydroxyl groups is 1. The van der Waals surface area contributed by atoms with E-state index >= 15 is 0 Å². The lowest BCUT2D eigenvalue weighted by Crippen LogP contribution is -2.49.